The minimum atomic E-state index is -4.76. The molecule has 0 aliphatic heterocycles. The Hall–Kier alpha value is -2.84. The van der Waals surface area contributed by atoms with Crippen LogP contribution in [0.25, 0.3) is 11.2 Å². The second kappa shape index (κ2) is 5.41. The summed E-state index contributed by atoms with van der Waals surface area (Å²) in [5, 5.41) is 7.51. The quantitative estimate of drug-likeness (QED) is 0.695. The van der Waals surface area contributed by atoms with Gasteiger partial charge in [-0.15, -0.1) is 0 Å². The second-order valence-corrected chi connectivity index (χ2v) is 4.64. The summed E-state index contributed by atoms with van der Waals surface area (Å²) in [6.45, 7) is 1.49. The van der Waals surface area contributed by atoms with Crippen LogP contribution in [0.15, 0.2) is 36.8 Å². The lowest BCUT2D eigenvalue weighted by molar-refractivity contribution is -0.141. The minimum absolute atomic E-state index is 0.0247. The molecule has 3 heterocycles. The molecule has 0 atom stereocenters. The fourth-order valence-electron chi connectivity index (χ4n) is 2.13. The summed E-state index contributed by atoms with van der Waals surface area (Å²) in [6.07, 6.45) is -0.589. The number of ether oxygens (including phenoxy) is 1. The van der Waals surface area contributed by atoms with Gasteiger partial charge >= 0.3 is 12.1 Å². The molecule has 0 aliphatic rings. The van der Waals surface area contributed by atoms with E-state index in [4.69, 9.17) is 0 Å². The fourth-order valence-corrected chi connectivity index (χ4v) is 2.13. The highest BCUT2D eigenvalue weighted by Crippen LogP contribution is 2.31. The first-order valence-electron chi connectivity index (χ1n) is 6.68. The van der Waals surface area contributed by atoms with E-state index in [0.717, 1.165) is 10.9 Å². The summed E-state index contributed by atoms with van der Waals surface area (Å²) >= 11 is 0. The molecule has 0 aliphatic carbocycles. The van der Waals surface area contributed by atoms with Crippen molar-refractivity contribution in [2.24, 2.45) is 0 Å². The largest absolute Gasteiger partial charge is 0.462 e. The van der Waals surface area contributed by atoms with Gasteiger partial charge in [-0.05, 0) is 25.1 Å². The number of carbonyl (C=O) groups is 1. The minimum Gasteiger partial charge on any atom is -0.462 e. The van der Waals surface area contributed by atoms with Gasteiger partial charge in [-0.1, -0.05) is 0 Å². The van der Waals surface area contributed by atoms with Crippen LogP contribution < -0.4 is 0 Å². The SMILES string of the molecule is CCOC(=O)c1cn(-c2ccn3nccc3c2)nc1C(F)(F)F. The number of carbonyl (C=O) groups excluding carboxylic acids is 1. The van der Waals surface area contributed by atoms with E-state index in [9.17, 15) is 18.0 Å². The first-order valence-corrected chi connectivity index (χ1v) is 6.68. The second-order valence-electron chi connectivity index (χ2n) is 4.64. The molecular formula is C14H11F3N4O2. The van der Waals surface area contributed by atoms with Crippen molar-refractivity contribution >= 4 is 11.5 Å². The molecule has 0 aromatic carbocycles. The third-order valence-corrected chi connectivity index (χ3v) is 3.13. The highest BCUT2D eigenvalue weighted by Gasteiger charge is 2.39. The van der Waals surface area contributed by atoms with E-state index in [1.54, 1.807) is 35.1 Å². The molecule has 3 rings (SSSR count). The van der Waals surface area contributed by atoms with Gasteiger partial charge in [-0.3, -0.25) is 0 Å². The van der Waals surface area contributed by atoms with Crippen molar-refractivity contribution in [3.05, 3.63) is 48.0 Å². The van der Waals surface area contributed by atoms with Gasteiger partial charge in [0.15, 0.2) is 5.69 Å². The molecular weight excluding hydrogens is 313 g/mol. The van der Waals surface area contributed by atoms with Crippen LogP contribution in [-0.2, 0) is 10.9 Å². The standard InChI is InChI=1S/C14H11F3N4O2/c1-2-23-13(22)11-8-21(19-12(11)14(15,16)17)10-4-6-20-9(7-10)3-5-18-20/h3-8H,2H2,1H3. The van der Waals surface area contributed by atoms with Crippen molar-refractivity contribution < 1.29 is 22.7 Å². The Morgan fingerprint density at radius 1 is 1.35 bits per heavy atom. The maximum absolute atomic E-state index is 13.1. The summed E-state index contributed by atoms with van der Waals surface area (Å²) in [5.74, 6) is -1.06. The summed E-state index contributed by atoms with van der Waals surface area (Å²) < 4.78 is 46.5. The Labute approximate surface area is 128 Å². The van der Waals surface area contributed by atoms with Crippen LogP contribution in [0.1, 0.15) is 23.0 Å². The molecule has 3 aromatic heterocycles. The molecule has 23 heavy (non-hydrogen) atoms. The van der Waals surface area contributed by atoms with Gasteiger partial charge in [0.25, 0.3) is 0 Å². The van der Waals surface area contributed by atoms with Crippen LogP contribution in [0.5, 0.6) is 0 Å². The number of nitrogens with zero attached hydrogens (tertiary/aromatic N) is 4. The molecule has 0 radical (unpaired) electrons. The third kappa shape index (κ3) is 2.77. The number of pyridine rings is 1. The lowest BCUT2D eigenvalue weighted by Crippen LogP contribution is -2.14. The van der Waals surface area contributed by atoms with Crippen molar-refractivity contribution in [1.82, 2.24) is 19.4 Å². The molecule has 6 nitrogen and oxygen atoms in total. The predicted octanol–water partition coefficient (Wildman–Crippen LogP) is 2.72. The molecule has 9 heteroatoms. The third-order valence-electron chi connectivity index (χ3n) is 3.13. The van der Waals surface area contributed by atoms with Gasteiger partial charge in [0.2, 0.25) is 0 Å². The number of esters is 1. The molecule has 0 N–H and O–H groups in total. The van der Waals surface area contributed by atoms with Crippen LogP contribution in [0.4, 0.5) is 13.2 Å². The highest BCUT2D eigenvalue weighted by molar-refractivity contribution is 5.90. The van der Waals surface area contributed by atoms with Gasteiger partial charge in [0.05, 0.1) is 17.8 Å². The van der Waals surface area contributed by atoms with Gasteiger partial charge in [0, 0.05) is 18.6 Å². The molecule has 0 spiro atoms. The van der Waals surface area contributed by atoms with E-state index in [1.165, 1.54) is 6.92 Å². The monoisotopic (exact) mass is 324 g/mol. The molecule has 0 unspecified atom stereocenters. The number of halogens is 3. The summed E-state index contributed by atoms with van der Waals surface area (Å²) in [6, 6.07) is 4.85. The number of aromatic nitrogens is 4. The molecule has 120 valence electrons. The molecule has 3 aromatic rings. The van der Waals surface area contributed by atoms with Crippen molar-refractivity contribution in [3.8, 4) is 5.69 Å². The van der Waals surface area contributed by atoms with E-state index in [0.29, 0.717) is 11.2 Å². The van der Waals surface area contributed by atoms with E-state index >= 15 is 0 Å². The maximum Gasteiger partial charge on any atom is 0.436 e. The topological polar surface area (TPSA) is 61.4 Å². The van der Waals surface area contributed by atoms with Gasteiger partial charge < -0.3 is 4.74 Å². The van der Waals surface area contributed by atoms with E-state index in [1.807, 2.05) is 0 Å². The van der Waals surface area contributed by atoms with Crippen molar-refractivity contribution in [2.45, 2.75) is 13.1 Å². The average Bonchev–Trinajstić information content (AvgIpc) is 3.13. The first-order chi connectivity index (χ1) is 10.9. The normalized spacial score (nSPS) is 11.8. The lowest BCUT2D eigenvalue weighted by atomic mass is 10.2. The Morgan fingerprint density at radius 3 is 2.83 bits per heavy atom. The zero-order valence-electron chi connectivity index (χ0n) is 11.9. The zero-order chi connectivity index (χ0) is 16.6. The Bertz CT molecular complexity index is 866. The maximum atomic E-state index is 13.1. The highest BCUT2D eigenvalue weighted by atomic mass is 19.4. The van der Waals surface area contributed by atoms with Crippen molar-refractivity contribution in [3.63, 3.8) is 0 Å². The molecule has 0 saturated heterocycles. The van der Waals surface area contributed by atoms with E-state index < -0.39 is 23.4 Å². The molecule has 0 bridgehead atoms. The average molecular weight is 324 g/mol. The van der Waals surface area contributed by atoms with Crippen LogP contribution in [0, 0.1) is 0 Å². The summed E-state index contributed by atoms with van der Waals surface area (Å²) in [5.41, 5.74) is -0.833. The number of hydrogen-bond donors (Lipinski definition) is 0. The smallest absolute Gasteiger partial charge is 0.436 e. The Morgan fingerprint density at radius 2 is 2.13 bits per heavy atom. The van der Waals surface area contributed by atoms with Crippen molar-refractivity contribution in [2.75, 3.05) is 6.61 Å². The van der Waals surface area contributed by atoms with Crippen LogP contribution in [-0.4, -0.2) is 32.0 Å². The summed E-state index contributed by atoms with van der Waals surface area (Å²) in [7, 11) is 0. The molecule has 0 amide bonds. The number of fused-ring (bicyclic) bond motifs is 1. The zero-order valence-corrected chi connectivity index (χ0v) is 11.9. The summed E-state index contributed by atoms with van der Waals surface area (Å²) in [4.78, 5) is 11.7. The first kappa shape index (κ1) is 15.1. The van der Waals surface area contributed by atoms with Crippen LogP contribution in [0.2, 0.25) is 0 Å². The predicted molar refractivity (Wildman–Crippen MR) is 73.3 cm³/mol. The molecule has 0 fully saturated rings. The fraction of sp³-hybridized carbons (Fsp3) is 0.214. The van der Waals surface area contributed by atoms with Crippen molar-refractivity contribution in [1.29, 1.82) is 0 Å². The van der Waals surface area contributed by atoms with E-state index in [2.05, 4.69) is 14.9 Å². The van der Waals surface area contributed by atoms with Gasteiger partial charge in [-0.25, -0.2) is 14.0 Å². The number of alkyl halides is 3. The van der Waals surface area contributed by atoms with Crippen LogP contribution >= 0.6 is 0 Å². The molecule has 0 saturated carbocycles. The van der Waals surface area contributed by atoms with Gasteiger partial charge in [-0.2, -0.15) is 23.4 Å². The Balaban J connectivity index is 2.10. The number of hydrogen-bond acceptors (Lipinski definition) is 4. The number of rotatable bonds is 3. The van der Waals surface area contributed by atoms with Gasteiger partial charge in [0.1, 0.15) is 5.56 Å². The van der Waals surface area contributed by atoms with E-state index in [-0.39, 0.29) is 6.61 Å². The van der Waals surface area contributed by atoms with Crippen LogP contribution in [0.3, 0.4) is 0 Å². The lowest BCUT2D eigenvalue weighted by Gasteiger charge is -2.05. The Kier molecular flexibility index (Phi) is 3.55.